The molecular weight excluding hydrogens is 304 g/mol. The van der Waals surface area contributed by atoms with E-state index in [1.165, 1.54) is 19.2 Å². The van der Waals surface area contributed by atoms with E-state index in [0.29, 0.717) is 13.2 Å². The van der Waals surface area contributed by atoms with Crippen LogP contribution in [0.1, 0.15) is 19.4 Å². The van der Waals surface area contributed by atoms with Crippen molar-refractivity contribution in [1.29, 1.82) is 0 Å². The maximum absolute atomic E-state index is 12.4. The predicted octanol–water partition coefficient (Wildman–Crippen LogP) is 1.06. The molecule has 1 rings (SSSR count). The topological polar surface area (TPSA) is 84.5 Å². The molecule has 1 unspecified atom stereocenters. The Morgan fingerprint density at radius 2 is 1.82 bits per heavy atom. The highest BCUT2D eigenvalue weighted by Crippen LogP contribution is 2.13. The zero-order valence-corrected chi connectivity index (χ0v) is 14.2. The van der Waals surface area contributed by atoms with Gasteiger partial charge in [0.15, 0.2) is 0 Å². The van der Waals surface area contributed by atoms with Gasteiger partial charge in [-0.2, -0.15) is 4.72 Å². The van der Waals surface area contributed by atoms with Crippen LogP contribution in [-0.4, -0.2) is 40.6 Å². The Labute approximate surface area is 132 Å². The average Bonchev–Trinajstić information content (AvgIpc) is 2.45. The lowest BCUT2D eigenvalue weighted by Crippen LogP contribution is -2.50. The Balaban J connectivity index is 2.85. The molecule has 6 nitrogen and oxygen atoms in total. The van der Waals surface area contributed by atoms with Gasteiger partial charge in [-0.15, -0.1) is 0 Å². The molecule has 0 radical (unpaired) electrons. The SMILES string of the molecule is COCCNC(=O)C(NS(=O)(=O)c1ccc(C)cc1)C(C)C. The van der Waals surface area contributed by atoms with Crippen molar-refractivity contribution in [2.24, 2.45) is 5.92 Å². The molecule has 22 heavy (non-hydrogen) atoms. The molecule has 0 bridgehead atoms. The molecule has 1 aromatic rings. The Morgan fingerprint density at radius 3 is 2.32 bits per heavy atom. The summed E-state index contributed by atoms with van der Waals surface area (Å²) in [7, 11) is -2.21. The normalized spacial score (nSPS) is 13.1. The first-order valence-corrected chi connectivity index (χ1v) is 8.62. The van der Waals surface area contributed by atoms with Gasteiger partial charge in [-0.05, 0) is 25.0 Å². The summed E-state index contributed by atoms with van der Waals surface area (Å²) in [5, 5.41) is 2.66. The van der Waals surface area contributed by atoms with Gasteiger partial charge in [0.05, 0.1) is 11.5 Å². The molecule has 0 aromatic heterocycles. The fourth-order valence-corrected chi connectivity index (χ4v) is 3.18. The summed E-state index contributed by atoms with van der Waals surface area (Å²) < 4.78 is 32.1. The number of nitrogens with one attached hydrogen (secondary N) is 2. The first kappa shape index (κ1) is 18.6. The fourth-order valence-electron chi connectivity index (χ4n) is 1.83. The van der Waals surface area contributed by atoms with E-state index in [-0.39, 0.29) is 16.7 Å². The van der Waals surface area contributed by atoms with Gasteiger partial charge in [-0.25, -0.2) is 8.42 Å². The van der Waals surface area contributed by atoms with Crippen LogP contribution >= 0.6 is 0 Å². The van der Waals surface area contributed by atoms with Crippen molar-refractivity contribution in [1.82, 2.24) is 10.0 Å². The van der Waals surface area contributed by atoms with Crippen LogP contribution in [0.15, 0.2) is 29.2 Å². The Kier molecular flexibility index (Phi) is 6.99. The lowest BCUT2D eigenvalue weighted by atomic mass is 10.1. The molecule has 0 saturated carbocycles. The highest BCUT2D eigenvalue weighted by Gasteiger charge is 2.28. The van der Waals surface area contributed by atoms with Crippen molar-refractivity contribution in [3.05, 3.63) is 29.8 Å². The molecular formula is C15H24N2O4S. The van der Waals surface area contributed by atoms with Gasteiger partial charge in [-0.1, -0.05) is 31.5 Å². The van der Waals surface area contributed by atoms with Crippen LogP contribution < -0.4 is 10.0 Å². The molecule has 1 aromatic carbocycles. The lowest BCUT2D eigenvalue weighted by Gasteiger charge is -2.21. The highest BCUT2D eigenvalue weighted by atomic mass is 32.2. The quantitative estimate of drug-likeness (QED) is 0.699. The second kappa shape index (κ2) is 8.26. The smallest absolute Gasteiger partial charge is 0.241 e. The van der Waals surface area contributed by atoms with Gasteiger partial charge >= 0.3 is 0 Å². The zero-order chi connectivity index (χ0) is 16.8. The lowest BCUT2D eigenvalue weighted by molar-refractivity contribution is -0.123. The van der Waals surface area contributed by atoms with E-state index >= 15 is 0 Å². The number of carbonyl (C=O) groups is 1. The van der Waals surface area contributed by atoms with Crippen LogP contribution in [0.5, 0.6) is 0 Å². The molecule has 7 heteroatoms. The number of methoxy groups -OCH3 is 1. The minimum absolute atomic E-state index is 0.147. The minimum atomic E-state index is -3.74. The number of ether oxygens (including phenoxy) is 1. The van der Waals surface area contributed by atoms with Gasteiger partial charge in [0.2, 0.25) is 15.9 Å². The number of amides is 1. The number of hydrogen-bond acceptors (Lipinski definition) is 4. The maximum Gasteiger partial charge on any atom is 0.241 e. The predicted molar refractivity (Wildman–Crippen MR) is 85.0 cm³/mol. The summed E-state index contributed by atoms with van der Waals surface area (Å²) in [5.41, 5.74) is 0.969. The van der Waals surface area contributed by atoms with Crippen LogP contribution in [0.25, 0.3) is 0 Å². The van der Waals surface area contributed by atoms with E-state index in [0.717, 1.165) is 5.56 Å². The summed E-state index contributed by atoms with van der Waals surface area (Å²) in [6, 6.07) is 5.66. The third-order valence-corrected chi connectivity index (χ3v) is 4.62. The molecule has 0 heterocycles. The maximum atomic E-state index is 12.4. The molecule has 0 aliphatic carbocycles. The van der Waals surface area contributed by atoms with Crippen LogP contribution in [0, 0.1) is 12.8 Å². The molecule has 0 fully saturated rings. The van der Waals surface area contributed by atoms with Gasteiger partial charge in [0.1, 0.15) is 6.04 Å². The first-order valence-electron chi connectivity index (χ1n) is 7.13. The molecule has 1 atom stereocenters. The monoisotopic (exact) mass is 328 g/mol. The van der Waals surface area contributed by atoms with Crippen molar-refractivity contribution in [2.75, 3.05) is 20.3 Å². The number of rotatable bonds is 8. The summed E-state index contributed by atoms with van der Waals surface area (Å²) >= 11 is 0. The van der Waals surface area contributed by atoms with E-state index in [2.05, 4.69) is 10.0 Å². The summed E-state index contributed by atoms with van der Waals surface area (Å²) in [4.78, 5) is 12.3. The summed E-state index contributed by atoms with van der Waals surface area (Å²) in [6.45, 7) is 6.17. The fraction of sp³-hybridized carbons (Fsp3) is 0.533. The number of benzene rings is 1. The van der Waals surface area contributed by atoms with Crippen LogP contribution in [0.2, 0.25) is 0 Å². The average molecular weight is 328 g/mol. The van der Waals surface area contributed by atoms with Gasteiger partial charge < -0.3 is 10.1 Å². The molecule has 0 saturated heterocycles. The van der Waals surface area contributed by atoms with Crippen molar-refractivity contribution in [2.45, 2.75) is 31.7 Å². The van der Waals surface area contributed by atoms with Crippen molar-refractivity contribution >= 4 is 15.9 Å². The second-order valence-electron chi connectivity index (χ2n) is 5.44. The van der Waals surface area contributed by atoms with Crippen LogP contribution in [0.4, 0.5) is 0 Å². The third-order valence-electron chi connectivity index (χ3n) is 3.17. The number of aryl methyl sites for hydroxylation is 1. The van der Waals surface area contributed by atoms with Crippen molar-refractivity contribution in [3.63, 3.8) is 0 Å². The highest BCUT2D eigenvalue weighted by molar-refractivity contribution is 7.89. The zero-order valence-electron chi connectivity index (χ0n) is 13.4. The summed E-state index contributed by atoms with van der Waals surface area (Å²) in [5.74, 6) is -0.537. The van der Waals surface area contributed by atoms with E-state index in [1.54, 1.807) is 26.0 Å². The van der Waals surface area contributed by atoms with Gasteiger partial charge in [-0.3, -0.25) is 4.79 Å². The second-order valence-corrected chi connectivity index (χ2v) is 7.15. The Morgan fingerprint density at radius 1 is 1.23 bits per heavy atom. The van der Waals surface area contributed by atoms with Crippen molar-refractivity contribution in [3.8, 4) is 0 Å². The third kappa shape index (κ3) is 5.40. The minimum Gasteiger partial charge on any atom is -0.383 e. The molecule has 124 valence electrons. The van der Waals surface area contributed by atoms with Gasteiger partial charge in [0, 0.05) is 13.7 Å². The van der Waals surface area contributed by atoms with E-state index < -0.39 is 16.1 Å². The van der Waals surface area contributed by atoms with Crippen LogP contribution in [0.3, 0.4) is 0 Å². The molecule has 0 aliphatic heterocycles. The molecule has 0 aliphatic rings. The first-order chi connectivity index (χ1) is 10.3. The van der Waals surface area contributed by atoms with E-state index in [1.807, 2.05) is 6.92 Å². The molecule has 2 N–H and O–H groups in total. The van der Waals surface area contributed by atoms with Crippen molar-refractivity contribution < 1.29 is 17.9 Å². The van der Waals surface area contributed by atoms with Gasteiger partial charge in [0.25, 0.3) is 0 Å². The van der Waals surface area contributed by atoms with E-state index in [4.69, 9.17) is 4.74 Å². The number of sulfonamides is 1. The molecule has 0 spiro atoms. The number of carbonyl (C=O) groups excluding carboxylic acids is 1. The Bertz CT molecular complexity index is 582. The van der Waals surface area contributed by atoms with E-state index in [9.17, 15) is 13.2 Å². The number of hydrogen-bond donors (Lipinski definition) is 2. The standard InChI is InChI=1S/C15H24N2O4S/c1-11(2)14(15(18)16-9-10-21-4)17-22(19,20)13-7-5-12(3)6-8-13/h5-8,11,14,17H,9-10H2,1-4H3,(H,16,18). The largest absolute Gasteiger partial charge is 0.383 e. The van der Waals surface area contributed by atoms with Crippen LogP contribution in [-0.2, 0) is 19.6 Å². The summed E-state index contributed by atoms with van der Waals surface area (Å²) in [6.07, 6.45) is 0. The molecule has 1 amide bonds. The Hall–Kier alpha value is -1.44.